The standard InChI is InChI=1S/C20H34N2O7/c1-17(2,3)27-14(24)20(12-10-11-13(20)23)22(16(26)29-19(7,8)9)21-15(25)28-18(4,5)6/h10-12H2,1-9H3,(H,21,25). The molecular formula is C20H34N2O7. The maximum Gasteiger partial charge on any atom is 0.430 e. The molecule has 1 atom stereocenters. The van der Waals surface area contributed by atoms with Gasteiger partial charge < -0.3 is 14.2 Å². The van der Waals surface area contributed by atoms with E-state index in [0.717, 1.165) is 0 Å². The van der Waals surface area contributed by atoms with Crippen LogP contribution in [0.5, 0.6) is 0 Å². The average Bonchev–Trinajstić information content (AvgIpc) is 2.81. The van der Waals surface area contributed by atoms with Crippen molar-refractivity contribution in [3.8, 4) is 0 Å². The highest BCUT2D eigenvalue weighted by molar-refractivity contribution is 6.12. The molecule has 1 rings (SSSR count). The van der Waals surface area contributed by atoms with E-state index in [4.69, 9.17) is 14.2 Å². The molecule has 0 bridgehead atoms. The molecule has 1 N–H and O–H groups in total. The van der Waals surface area contributed by atoms with Gasteiger partial charge in [-0.2, -0.15) is 5.01 Å². The lowest BCUT2D eigenvalue weighted by Crippen LogP contribution is -2.67. The third-order valence-electron chi connectivity index (χ3n) is 3.70. The number of carbonyl (C=O) groups is 4. The van der Waals surface area contributed by atoms with E-state index in [0.29, 0.717) is 11.4 Å². The minimum atomic E-state index is -2.02. The summed E-state index contributed by atoms with van der Waals surface area (Å²) in [6.45, 7) is 14.8. The van der Waals surface area contributed by atoms with Crippen LogP contribution in [0.25, 0.3) is 0 Å². The first-order valence-corrected chi connectivity index (χ1v) is 9.67. The van der Waals surface area contributed by atoms with E-state index < -0.39 is 46.3 Å². The Morgan fingerprint density at radius 1 is 0.862 bits per heavy atom. The number of nitrogens with zero attached hydrogens (tertiary/aromatic N) is 1. The lowest BCUT2D eigenvalue weighted by molar-refractivity contribution is -0.173. The number of carbonyl (C=O) groups excluding carboxylic acids is 4. The lowest BCUT2D eigenvalue weighted by atomic mass is 9.95. The lowest BCUT2D eigenvalue weighted by Gasteiger charge is -2.39. The van der Waals surface area contributed by atoms with Gasteiger partial charge in [-0.1, -0.05) is 0 Å². The van der Waals surface area contributed by atoms with E-state index in [1.807, 2.05) is 0 Å². The highest BCUT2D eigenvalue weighted by Crippen LogP contribution is 2.35. The van der Waals surface area contributed by atoms with Crippen LogP contribution in [-0.4, -0.2) is 51.3 Å². The maximum atomic E-state index is 13.1. The number of nitrogens with one attached hydrogen (secondary N) is 1. The second-order valence-electron chi connectivity index (χ2n) is 10.1. The summed E-state index contributed by atoms with van der Waals surface area (Å²) in [6.07, 6.45) is -1.63. The summed E-state index contributed by atoms with van der Waals surface area (Å²) in [7, 11) is 0. The third-order valence-corrected chi connectivity index (χ3v) is 3.70. The van der Waals surface area contributed by atoms with Crippen LogP contribution in [0.3, 0.4) is 0 Å². The summed E-state index contributed by atoms with van der Waals surface area (Å²) in [6, 6.07) is 0. The Morgan fingerprint density at radius 3 is 1.72 bits per heavy atom. The molecule has 0 saturated heterocycles. The summed E-state index contributed by atoms with van der Waals surface area (Å²) < 4.78 is 16.0. The van der Waals surface area contributed by atoms with E-state index in [1.54, 1.807) is 62.3 Å². The molecule has 29 heavy (non-hydrogen) atoms. The number of amides is 2. The first-order valence-electron chi connectivity index (χ1n) is 9.67. The molecular weight excluding hydrogens is 380 g/mol. The molecule has 2 amide bonds. The number of Topliss-reactive ketones (excluding diaryl/α,β-unsaturated/α-hetero) is 1. The zero-order chi connectivity index (χ0) is 22.8. The summed E-state index contributed by atoms with van der Waals surface area (Å²) >= 11 is 0. The van der Waals surface area contributed by atoms with Gasteiger partial charge in [-0.25, -0.2) is 19.8 Å². The highest BCUT2D eigenvalue weighted by atomic mass is 16.6. The highest BCUT2D eigenvalue weighted by Gasteiger charge is 2.59. The largest absolute Gasteiger partial charge is 0.458 e. The minimum absolute atomic E-state index is 0.00418. The van der Waals surface area contributed by atoms with Crippen molar-refractivity contribution in [3.63, 3.8) is 0 Å². The predicted molar refractivity (Wildman–Crippen MR) is 105 cm³/mol. The molecule has 0 spiro atoms. The predicted octanol–water partition coefficient (Wildman–Crippen LogP) is 3.50. The minimum Gasteiger partial charge on any atom is -0.458 e. The summed E-state index contributed by atoms with van der Waals surface area (Å²) in [5, 5.41) is 0.635. The van der Waals surface area contributed by atoms with Gasteiger partial charge in [0.05, 0.1) is 0 Å². The Balaban J connectivity index is 3.40. The number of ether oxygens (including phenoxy) is 3. The number of rotatable bonds is 2. The Hall–Kier alpha value is -2.32. The Bertz CT molecular complexity index is 668. The van der Waals surface area contributed by atoms with Crippen molar-refractivity contribution in [1.82, 2.24) is 10.4 Å². The summed E-state index contributed by atoms with van der Waals surface area (Å²) in [5.74, 6) is -1.46. The van der Waals surface area contributed by atoms with E-state index in [9.17, 15) is 19.2 Å². The van der Waals surface area contributed by atoms with Gasteiger partial charge in [0.2, 0.25) is 5.54 Å². The van der Waals surface area contributed by atoms with Gasteiger partial charge in [-0.05, 0) is 75.2 Å². The van der Waals surface area contributed by atoms with E-state index in [1.165, 1.54) is 0 Å². The molecule has 0 aromatic carbocycles. The van der Waals surface area contributed by atoms with Crippen LogP contribution < -0.4 is 5.43 Å². The van der Waals surface area contributed by atoms with Crippen LogP contribution in [0.1, 0.15) is 81.6 Å². The monoisotopic (exact) mass is 414 g/mol. The fourth-order valence-corrected chi connectivity index (χ4v) is 2.75. The summed E-state index contributed by atoms with van der Waals surface area (Å²) in [4.78, 5) is 51.3. The number of ketones is 1. The Labute approximate surface area is 172 Å². The summed E-state index contributed by atoms with van der Waals surface area (Å²) in [5.41, 5.74) is -2.46. The van der Waals surface area contributed by atoms with Crippen LogP contribution in [-0.2, 0) is 23.8 Å². The van der Waals surface area contributed by atoms with Gasteiger partial charge in [0.25, 0.3) is 0 Å². The molecule has 0 aromatic rings. The number of esters is 1. The van der Waals surface area contributed by atoms with Crippen molar-refractivity contribution >= 4 is 23.9 Å². The molecule has 9 heteroatoms. The topological polar surface area (TPSA) is 111 Å². The number of hydrogen-bond acceptors (Lipinski definition) is 7. The van der Waals surface area contributed by atoms with Crippen molar-refractivity contribution in [2.45, 2.75) is 104 Å². The second kappa shape index (κ2) is 8.20. The van der Waals surface area contributed by atoms with E-state index in [2.05, 4.69) is 5.43 Å². The second-order valence-corrected chi connectivity index (χ2v) is 10.1. The van der Waals surface area contributed by atoms with E-state index >= 15 is 0 Å². The first-order chi connectivity index (χ1) is 12.9. The smallest absolute Gasteiger partial charge is 0.430 e. The van der Waals surface area contributed by atoms with Gasteiger partial charge in [0.1, 0.15) is 16.8 Å². The number of hydrogen-bond donors (Lipinski definition) is 1. The van der Waals surface area contributed by atoms with Crippen LogP contribution in [0.15, 0.2) is 0 Å². The van der Waals surface area contributed by atoms with Crippen molar-refractivity contribution in [2.75, 3.05) is 0 Å². The molecule has 1 fully saturated rings. The zero-order valence-electron chi connectivity index (χ0n) is 18.9. The Morgan fingerprint density at radius 2 is 1.34 bits per heavy atom. The van der Waals surface area contributed by atoms with Gasteiger partial charge in [0.15, 0.2) is 5.78 Å². The Kier molecular flexibility index (Phi) is 6.99. The quantitative estimate of drug-likeness (QED) is 0.318. The average molecular weight is 414 g/mol. The fraction of sp³-hybridized carbons (Fsp3) is 0.800. The molecule has 1 unspecified atom stereocenters. The molecule has 0 radical (unpaired) electrons. The molecule has 0 aromatic heterocycles. The zero-order valence-corrected chi connectivity index (χ0v) is 18.9. The number of hydrazine groups is 1. The van der Waals surface area contributed by atoms with Gasteiger partial charge in [0, 0.05) is 6.42 Å². The van der Waals surface area contributed by atoms with Crippen molar-refractivity contribution in [3.05, 3.63) is 0 Å². The molecule has 0 aliphatic heterocycles. The van der Waals surface area contributed by atoms with Crippen molar-refractivity contribution in [2.24, 2.45) is 0 Å². The van der Waals surface area contributed by atoms with Gasteiger partial charge in [-0.3, -0.25) is 4.79 Å². The molecule has 1 aliphatic rings. The van der Waals surface area contributed by atoms with Crippen molar-refractivity contribution in [1.29, 1.82) is 0 Å². The van der Waals surface area contributed by atoms with Crippen molar-refractivity contribution < 1.29 is 33.4 Å². The van der Waals surface area contributed by atoms with Gasteiger partial charge in [-0.15, -0.1) is 0 Å². The SMILES string of the molecule is CC(C)(C)OC(=O)NN(C(=O)OC(C)(C)C)C1(C(=O)OC(C)(C)C)CCCC1=O. The fourth-order valence-electron chi connectivity index (χ4n) is 2.75. The van der Waals surface area contributed by atoms with Crippen LogP contribution >= 0.6 is 0 Å². The molecule has 9 nitrogen and oxygen atoms in total. The van der Waals surface area contributed by atoms with Crippen LogP contribution in [0, 0.1) is 0 Å². The normalized spacial score (nSPS) is 20.1. The van der Waals surface area contributed by atoms with Gasteiger partial charge >= 0.3 is 18.2 Å². The molecule has 0 heterocycles. The first kappa shape index (κ1) is 24.7. The third kappa shape index (κ3) is 6.90. The van der Waals surface area contributed by atoms with Crippen LogP contribution in [0.4, 0.5) is 9.59 Å². The molecule has 166 valence electrons. The maximum absolute atomic E-state index is 13.1. The van der Waals surface area contributed by atoms with E-state index in [-0.39, 0.29) is 12.8 Å². The van der Waals surface area contributed by atoms with Crippen LogP contribution in [0.2, 0.25) is 0 Å². The molecule has 1 aliphatic carbocycles. The molecule has 1 saturated carbocycles.